The third-order valence-corrected chi connectivity index (χ3v) is 4.85. The molecule has 0 bridgehead atoms. The van der Waals surface area contributed by atoms with E-state index in [0.717, 1.165) is 36.4 Å². The normalized spacial score (nSPS) is 17.3. The summed E-state index contributed by atoms with van der Waals surface area (Å²) in [6.45, 7) is 2.94. The molecule has 1 amide bonds. The molecule has 0 spiro atoms. The first-order valence-corrected chi connectivity index (χ1v) is 9.10. The molecule has 2 N–H and O–H groups in total. The van der Waals surface area contributed by atoms with Crippen LogP contribution in [0.15, 0.2) is 54.6 Å². The van der Waals surface area contributed by atoms with Crippen molar-refractivity contribution in [1.82, 2.24) is 10.2 Å². The number of amides is 1. The van der Waals surface area contributed by atoms with Crippen LogP contribution in [0.25, 0.3) is 11.1 Å². The van der Waals surface area contributed by atoms with Gasteiger partial charge in [0.2, 0.25) is 5.91 Å². The average Bonchev–Trinajstić information content (AvgIpc) is 2.68. The van der Waals surface area contributed by atoms with E-state index >= 15 is 0 Å². The number of halogens is 1. The minimum Gasteiger partial charge on any atom is -0.325 e. The molecule has 3 rings (SSSR count). The molecule has 2 aromatic carbocycles. The fraction of sp³-hybridized carbons (Fsp3) is 0.381. The summed E-state index contributed by atoms with van der Waals surface area (Å²) in [7, 11) is 2.02. The first-order chi connectivity index (χ1) is 12.3. The van der Waals surface area contributed by atoms with Crippen LogP contribution in [0.1, 0.15) is 19.3 Å². The number of likely N-dealkylation sites (tertiary alicyclic amines) is 1. The lowest BCUT2D eigenvalue weighted by Gasteiger charge is -2.32. The molecule has 0 aromatic heterocycles. The lowest BCUT2D eigenvalue weighted by Crippen LogP contribution is -2.45. The molecular formula is C21H28ClN3O. The minimum absolute atomic E-state index is 0. The summed E-state index contributed by atoms with van der Waals surface area (Å²) >= 11 is 0. The largest absolute Gasteiger partial charge is 0.325 e. The van der Waals surface area contributed by atoms with Crippen LogP contribution >= 0.6 is 12.4 Å². The van der Waals surface area contributed by atoms with E-state index in [1.165, 1.54) is 12.8 Å². The van der Waals surface area contributed by atoms with Crippen molar-refractivity contribution in [2.45, 2.75) is 25.3 Å². The number of hydrogen-bond donors (Lipinski definition) is 2. The molecular weight excluding hydrogens is 346 g/mol. The predicted octanol–water partition coefficient (Wildman–Crippen LogP) is 3.79. The molecule has 1 atom stereocenters. The van der Waals surface area contributed by atoms with E-state index < -0.39 is 0 Å². The molecule has 1 heterocycles. The second-order valence-electron chi connectivity index (χ2n) is 6.64. The summed E-state index contributed by atoms with van der Waals surface area (Å²) in [6.07, 6.45) is 2.95. The van der Waals surface area contributed by atoms with E-state index in [1.54, 1.807) is 0 Å². The zero-order valence-electron chi connectivity index (χ0n) is 15.3. The van der Waals surface area contributed by atoms with Gasteiger partial charge in [0, 0.05) is 36.8 Å². The van der Waals surface area contributed by atoms with E-state index in [9.17, 15) is 4.79 Å². The summed E-state index contributed by atoms with van der Waals surface area (Å²) in [6, 6.07) is 18.7. The number of rotatable bonds is 6. The van der Waals surface area contributed by atoms with E-state index in [-0.39, 0.29) is 18.3 Å². The van der Waals surface area contributed by atoms with Crippen LogP contribution in [0, 0.1) is 0 Å². The Kier molecular flexibility index (Phi) is 8.10. The number of benzene rings is 2. The Bertz CT molecular complexity index is 693. The van der Waals surface area contributed by atoms with Crippen LogP contribution in [0.3, 0.4) is 0 Å². The first-order valence-electron chi connectivity index (χ1n) is 9.10. The van der Waals surface area contributed by atoms with Crippen molar-refractivity contribution < 1.29 is 4.79 Å². The fourth-order valence-corrected chi connectivity index (χ4v) is 3.43. The van der Waals surface area contributed by atoms with Gasteiger partial charge in [-0.1, -0.05) is 48.5 Å². The van der Waals surface area contributed by atoms with Crippen molar-refractivity contribution in [2.75, 3.05) is 32.0 Å². The second-order valence-corrected chi connectivity index (χ2v) is 6.64. The van der Waals surface area contributed by atoms with Gasteiger partial charge in [0.1, 0.15) is 0 Å². The molecule has 0 aliphatic carbocycles. The summed E-state index contributed by atoms with van der Waals surface area (Å²) < 4.78 is 0. The van der Waals surface area contributed by atoms with E-state index in [2.05, 4.69) is 27.7 Å². The number of carbonyl (C=O) groups excluding carboxylic acids is 1. The Labute approximate surface area is 162 Å². The summed E-state index contributed by atoms with van der Waals surface area (Å²) in [4.78, 5) is 14.8. The molecule has 1 aliphatic heterocycles. The van der Waals surface area contributed by atoms with Crippen LogP contribution < -0.4 is 10.6 Å². The zero-order chi connectivity index (χ0) is 17.5. The minimum atomic E-state index is 0. The van der Waals surface area contributed by atoms with Gasteiger partial charge < -0.3 is 15.5 Å². The molecule has 5 heteroatoms. The number of anilines is 1. The van der Waals surface area contributed by atoms with Crippen molar-refractivity contribution >= 4 is 24.0 Å². The van der Waals surface area contributed by atoms with Crippen LogP contribution in [-0.2, 0) is 4.79 Å². The molecule has 26 heavy (non-hydrogen) atoms. The van der Waals surface area contributed by atoms with Gasteiger partial charge >= 0.3 is 0 Å². The molecule has 2 aromatic rings. The number of para-hydroxylation sites is 1. The van der Waals surface area contributed by atoms with Crippen LogP contribution in [-0.4, -0.2) is 43.5 Å². The molecule has 0 saturated carbocycles. The Morgan fingerprint density at radius 1 is 1.12 bits per heavy atom. The average molecular weight is 374 g/mol. The van der Waals surface area contributed by atoms with Crippen molar-refractivity contribution in [3.8, 4) is 11.1 Å². The number of piperidine rings is 1. The molecule has 1 saturated heterocycles. The summed E-state index contributed by atoms with van der Waals surface area (Å²) in [5.74, 6) is 0.0787. The van der Waals surface area contributed by atoms with Crippen molar-refractivity contribution in [2.24, 2.45) is 0 Å². The van der Waals surface area contributed by atoms with Gasteiger partial charge in [-0.05, 0) is 38.1 Å². The van der Waals surface area contributed by atoms with Crippen molar-refractivity contribution in [1.29, 1.82) is 0 Å². The van der Waals surface area contributed by atoms with E-state index in [1.807, 2.05) is 49.5 Å². The Morgan fingerprint density at radius 2 is 1.85 bits per heavy atom. The summed E-state index contributed by atoms with van der Waals surface area (Å²) in [5.41, 5.74) is 3.06. The SMILES string of the molecule is CNC1CCCN(CCC(=O)Nc2ccccc2-c2ccccc2)C1.Cl. The van der Waals surface area contributed by atoms with Gasteiger partial charge in [0.15, 0.2) is 0 Å². The van der Waals surface area contributed by atoms with Gasteiger partial charge in [-0.3, -0.25) is 4.79 Å². The van der Waals surface area contributed by atoms with E-state index in [0.29, 0.717) is 12.5 Å². The van der Waals surface area contributed by atoms with Gasteiger partial charge in [-0.15, -0.1) is 12.4 Å². The molecule has 1 aliphatic rings. The smallest absolute Gasteiger partial charge is 0.225 e. The third-order valence-electron chi connectivity index (χ3n) is 4.85. The highest BCUT2D eigenvalue weighted by atomic mass is 35.5. The highest BCUT2D eigenvalue weighted by Gasteiger charge is 2.19. The predicted molar refractivity (Wildman–Crippen MR) is 111 cm³/mol. The number of likely N-dealkylation sites (N-methyl/N-ethyl adjacent to an activating group) is 1. The van der Waals surface area contributed by atoms with Crippen LogP contribution in [0.4, 0.5) is 5.69 Å². The quantitative estimate of drug-likeness (QED) is 0.809. The maximum atomic E-state index is 12.4. The molecule has 140 valence electrons. The maximum Gasteiger partial charge on any atom is 0.225 e. The van der Waals surface area contributed by atoms with Gasteiger partial charge in [0.25, 0.3) is 0 Å². The van der Waals surface area contributed by atoms with Gasteiger partial charge in [-0.25, -0.2) is 0 Å². The Morgan fingerprint density at radius 3 is 2.62 bits per heavy atom. The molecule has 1 unspecified atom stereocenters. The first kappa shape index (κ1) is 20.4. The summed E-state index contributed by atoms with van der Waals surface area (Å²) in [5, 5.41) is 6.44. The molecule has 4 nitrogen and oxygen atoms in total. The van der Waals surface area contributed by atoms with Crippen LogP contribution in [0.5, 0.6) is 0 Å². The van der Waals surface area contributed by atoms with Crippen molar-refractivity contribution in [3.63, 3.8) is 0 Å². The fourth-order valence-electron chi connectivity index (χ4n) is 3.43. The topological polar surface area (TPSA) is 44.4 Å². The monoisotopic (exact) mass is 373 g/mol. The Hall–Kier alpha value is -1.88. The molecule has 0 radical (unpaired) electrons. The highest BCUT2D eigenvalue weighted by molar-refractivity contribution is 5.95. The van der Waals surface area contributed by atoms with Crippen LogP contribution in [0.2, 0.25) is 0 Å². The molecule has 1 fully saturated rings. The van der Waals surface area contributed by atoms with Crippen molar-refractivity contribution in [3.05, 3.63) is 54.6 Å². The van der Waals surface area contributed by atoms with Gasteiger partial charge in [-0.2, -0.15) is 0 Å². The number of carbonyl (C=O) groups is 1. The van der Waals surface area contributed by atoms with E-state index in [4.69, 9.17) is 0 Å². The third kappa shape index (κ3) is 5.56. The lowest BCUT2D eigenvalue weighted by atomic mass is 10.0. The number of hydrogen-bond acceptors (Lipinski definition) is 3. The standard InChI is InChI=1S/C21H27N3O.ClH/c1-22-18-10-7-14-24(16-18)15-13-21(25)23-20-12-6-5-11-19(20)17-8-3-2-4-9-17;/h2-6,8-9,11-12,18,22H,7,10,13-16H2,1H3,(H,23,25);1H. The Balaban J connectivity index is 0.00000243. The number of nitrogens with one attached hydrogen (secondary N) is 2. The highest BCUT2D eigenvalue weighted by Crippen LogP contribution is 2.27. The van der Waals surface area contributed by atoms with Gasteiger partial charge in [0.05, 0.1) is 0 Å². The second kappa shape index (κ2) is 10.3. The maximum absolute atomic E-state index is 12.4. The number of nitrogens with zero attached hydrogens (tertiary/aromatic N) is 1. The lowest BCUT2D eigenvalue weighted by molar-refractivity contribution is -0.116. The zero-order valence-corrected chi connectivity index (χ0v) is 16.1.